The van der Waals surface area contributed by atoms with E-state index in [2.05, 4.69) is 37.4 Å². The fraction of sp³-hybridized carbons (Fsp3) is 0.500. The van der Waals surface area contributed by atoms with Crippen LogP contribution in [0.5, 0.6) is 0 Å². The number of nitrogens with one attached hydrogen (secondary N) is 1. The van der Waals surface area contributed by atoms with Crippen molar-refractivity contribution in [1.82, 2.24) is 10.2 Å². The zero-order chi connectivity index (χ0) is 12.8. The van der Waals surface area contributed by atoms with Crippen molar-refractivity contribution >= 4 is 5.91 Å². The summed E-state index contributed by atoms with van der Waals surface area (Å²) in [5, 5.41) is 3.21. The first-order chi connectivity index (χ1) is 8.06. The van der Waals surface area contributed by atoms with Gasteiger partial charge in [-0.05, 0) is 37.5 Å². The largest absolute Gasteiger partial charge is 0.345 e. The Bertz CT molecular complexity index is 368. The van der Waals surface area contributed by atoms with Crippen molar-refractivity contribution in [3.05, 3.63) is 34.9 Å². The van der Waals surface area contributed by atoms with Gasteiger partial charge in [0.2, 0.25) is 5.91 Å². The van der Waals surface area contributed by atoms with E-state index >= 15 is 0 Å². The van der Waals surface area contributed by atoms with Crippen molar-refractivity contribution in [3.63, 3.8) is 0 Å². The number of likely N-dealkylation sites (N-methyl/N-ethyl adjacent to an activating group) is 1. The molecule has 0 saturated carbocycles. The van der Waals surface area contributed by atoms with Crippen LogP contribution in [0.3, 0.4) is 0 Å². The van der Waals surface area contributed by atoms with Crippen LogP contribution in [-0.2, 0) is 11.3 Å². The summed E-state index contributed by atoms with van der Waals surface area (Å²) in [7, 11) is 1.82. The van der Waals surface area contributed by atoms with Gasteiger partial charge >= 0.3 is 0 Å². The van der Waals surface area contributed by atoms with E-state index in [9.17, 15) is 4.79 Å². The van der Waals surface area contributed by atoms with E-state index in [-0.39, 0.29) is 5.91 Å². The summed E-state index contributed by atoms with van der Waals surface area (Å²) in [5.41, 5.74) is 3.84. The Morgan fingerprint density at radius 2 is 1.88 bits per heavy atom. The van der Waals surface area contributed by atoms with Crippen molar-refractivity contribution in [1.29, 1.82) is 0 Å². The van der Waals surface area contributed by atoms with Gasteiger partial charge < -0.3 is 10.2 Å². The van der Waals surface area contributed by atoms with Crippen molar-refractivity contribution in [2.45, 2.75) is 27.3 Å². The molecule has 0 aliphatic rings. The quantitative estimate of drug-likeness (QED) is 0.843. The SMILES string of the molecule is CCN(C)C(=O)CNCc1c(C)cccc1C. The minimum Gasteiger partial charge on any atom is -0.345 e. The molecule has 3 nitrogen and oxygen atoms in total. The molecule has 0 spiro atoms. The number of rotatable bonds is 5. The second-order valence-electron chi connectivity index (χ2n) is 4.38. The van der Waals surface area contributed by atoms with E-state index in [4.69, 9.17) is 0 Å². The molecule has 0 bridgehead atoms. The van der Waals surface area contributed by atoms with Crippen LogP contribution in [0.25, 0.3) is 0 Å². The number of nitrogens with zero attached hydrogens (tertiary/aromatic N) is 1. The fourth-order valence-corrected chi connectivity index (χ4v) is 1.73. The summed E-state index contributed by atoms with van der Waals surface area (Å²) in [6, 6.07) is 6.26. The van der Waals surface area contributed by atoms with Crippen LogP contribution in [0.2, 0.25) is 0 Å². The van der Waals surface area contributed by atoms with Crippen LogP contribution in [0.4, 0.5) is 0 Å². The highest BCUT2D eigenvalue weighted by Crippen LogP contribution is 2.12. The van der Waals surface area contributed by atoms with Crippen molar-refractivity contribution < 1.29 is 4.79 Å². The minimum absolute atomic E-state index is 0.138. The number of carbonyl (C=O) groups is 1. The third-order valence-corrected chi connectivity index (χ3v) is 3.12. The van der Waals surface area contributed by atoms with Crippen molar-refractivity contribution in [2.75, 3.05) is 20.1 Å². The van der Waals surface area contributed by atoms with Crippen LogP contribution >= 0.6 is 0 Å². The van der Waals surface area contributed by atoms with Gasteiger partial charge in [0.25, 0.3) is 0 Å². The summed E-state index contributed by atoms with van der Waals surface area (Å²) in [6.07, 6.45) is 0. The van der Waals surface area contributed by atoms with Crippen molar-refractivity contribution in [2.24, 2.45) is 0 Å². The molecule has 0 saturated heterocycles. The molecule has 0 fully saturated rings. The average Bonchev–Trinajstić information content (AvgIpc) is 2.31. The average molecular weight is 234 g/mol. The third kappa shape index (κ3) is 3.86. The molecule has 0 heterocycles. The highest BCUT2D eigenvalue weighted by Gasteiger charge is 2.06. The normalized spacial score (nSPS) is 10.4. The summed E-state index contributed by atoms with van der Waals surface area (Å²) in [4.78, 5) is 13.3. The molecule has 1 amide bonds. The molecule has 0 atom stereocenters. The third-order valence-electron chi connectivity index (χ3n) is 3.12. The van der Waals surface area contributed by atoms with Crippen molar-refractivity contribution in [3.8, 4) is 0 Å². The first kappa shape index (κ1) is 13.7. The Kier molecular flexibility index (Phi) is 5.16. The number of benzene rings is 1. The lowest BCUT2D eigenvalue weighted by atomic mass is 10.0. The van der Waals surface area contributed by atoms with Crippen LogP contribution in [0.1, 0.15) is 23.6 Å². The van der Waals surface area contributed by atoms with Gasteiger partial charge in [0.15, 0.2) is 0 Å². The van der Waals surface area contributed by atoms with Gasteiger partial charge in [0, 0.05) is 20.1 Å². The molecule has 1 N–H and O–H groups in total. The second-order valence-corrected chi connectivity index (χ2v) is 4.38. The van der Waals surface area contributed by atoms with E-state index < -0.39 is 0 Å². The molecular weight excluding hydrogens is 212 g/mol. The standard InChI is InChI=1S/C14H22N2O/c1-5-16(4)14(17)10-15-9-13-11(2)7-6-8-12(13)3/h6-8,15H,5,9-10H2,1-4H3. The summed E-state index contributed by atoms with van der Waals surface area (Å²) < 4.78 is 0. The number of aryl methyl sites for hydroxylation is 2. The van der Waals surface area contributed by atoms with Gasteiger partial charge in [0.05, 0.1) is 6.54 Å². The Labute approximate surface area is 104 Å². The lowest BCUT2D eigenvalue weighted by Gasteiger charge is -2.15. The molecular formula is C14H22N2O. The zero-order valence-electron chi connectivity index (χ0n) is 11.2. The van der Waals surface area contributed by atoms with E-state index in [1.165, 1.54) is 16.7 Å². The fourth-order valence-electron chi connectivity index (χ4n) is 1.73. The number of carbonyl (C=O) groups excluding carboxylic acids is 1. The van der Waals surface area contributed by atoms with E-state index in [1.807, 2.05) is 14.0 Å². The Hall–Kier alpha value is -1.35. The molecule has 17 heavy (non-hydrogen) atoms. The van der Waals surface area contributed by atoms with E-state index in [0.717, 1.165) is 13.1 Å². The Balaban J connectivity index is 2.49. The second kappa shape index (κ2) is 6.40. The predicted molar refractivity (Wildman–Crippen MR) is 70.9 cm³/mol. The van der Waals surface area contributed by atoms with Crippen LogP contribution < -0.4 is 5.32 Å². The molecule has 94 valence electrons. The van der Waals surface area contributed by atoms with Gasteiger partial charge in [-0.15, -0.1) is 0 Å². The summed E-state index contributed by atoms with van der Waals surface area (Å²) >= 11 is 0. The summed E-state index contributed by atoms with van der Waals surface area (Å²) in [6.45, 7) is 8.08. The van der Waals surface area contributed by atoms with E-state index in [1.54, 1.807) is 4.90 Å². The number of hydrogen-bond donors (Lipinski definition) is 1. The van der Waals surface area contributed by atoms with Crippen LogP contribution in [0, 0.1) is 13.8 Å². The van der Waals surface area contributed by atoms with Gasteiger partial charge in [-0.2, -0.15) is 0 Å². The Morgan fingerprint density at radius 1 is 1.29 bits per heavy atom. The predicted octanol–water partition coefficient (Wildman–Crippen LogP) is 1.87. The van der Waals surface area contributed by atoms with Gasteiger partial charge in [-0.3, -0.25) is 4.79 Å². The maximum atomic E-state index is 11.6. The lowest BCUT2D eigenvalue weighted by molar-refractivity contribution is -0.128. The monoisotopic (exact) mass is 234 g/mol. The smallest absolute Gasteiger partial charge is 0.236 e. The summed E-state index contributed by atoms with van der Waals surface area (Å²) in [5.74, 6) is 0.138. The minimum atomic E-state index is 0.138. The van der Waals surface area contributed by atoms with Crippen LogP contribution in [0.15, 0.2) is 18.2 Å². The highest BCUT2D eigenvalue weighted by atomic mass is 16.2. The number of hydrogen-bond acceptors (Lipinski definition) is 2. The van der Waals surface area contributed by atoms with Gasteiger partial charge in [0.1, 0.15) is 0 Å². The lowest BCUT2D eigenvalue weighted by Crippen LogP contribution is -2.35. The Morgan fingerprint density at radius 3 is 2.41 bits per heavy atom. The maximum absolute atomic E-state index is 11.6. The molecule has 0 aliphatic carbocycles. The molecule has 0 radical (unpaired) electrons. The molecule has 0 aliphatic heterocycles. The van der Waals surface area contributed by atoms with Gasteiger partial charge in [-0.25, -0.2) is 0 Å². The van der Waals surface area contributed by atoms with Gasteiger partial charge in [-0.1, -0.05) is 18.2 Å². The van der Waals surface area contributed by atoms with Crippen LogP contribution in [-0.4, -0.2) is 30.9 Å². The molecule has 3 heteroatoms. The molecule has 1 aromatic carbocycles. The molecule has 0 unspecified atom stereocenters. The van der Waals surface area contributed by atoms with E-state index in [0.29, 0.717) is 6.54 Å². The maximum Gasteiger partial charge on any atom is 0.236 e. The molecule has 1 rings (SSSR count). The molecule has 1 aromatic rings. The zero-order valence-corrected chi connectivity index (χ0v) is 11.2. The topological polar surface area (TPSA) is 32.3 Å². The first-order valence-corrected chi connectivity index (χ1v) is 6.06. The highest BCUT2D eigenvalue weighted by molar-refractivity contribution is 5.77. The first-order valence-electron chi connectivity index (χ1n) is 6.06. The number of amides is 1. The molecule has 0 aromatic heterocycles.